The molecule has 2 aliphatic rings. The van der Waals surface area contributed by atoms with E-state index < -0.39 is 0 Å². The largest absolute Gasteiger partial charge is 0.396 e. The Bertz CT molecular complexity index is 245. The molecule has 2 aliphatic carbocycles. The lowest BCUT2D eigenvalue weighted by Crippen LogP contribution is -2.35. The van der Waals surface area contributed by atoms with Crippen molar-refractivity contribution in [1.82, 2.24) is 0 Å². The van der Waals surface area contributed by atoms with Crippen LogP contribution in [0, 0.1) is 16.7 Å². The summed E-state index contributed by atoms with van der Waals surface area (Å²) in [5.41, 5.74) is 0.601. The first kappa shape index (κ1) is 16.0. The summed E-state index contributed by atoms with van der Waals surface area (Å²) in [7, 11) is 0. The molecular formula is C16H32O2. The Hall–Kier alpha value is -0.0800. The molecule has 0 aromatic rings. The summed E-state index contributed by atoms with van der Waals surface area (Å²) in [4.78, 5) is 0. The topological polar surface area (TPSA) is 40.5 Å². The molecule has 0 aliphatic heterocycles. The van der Waals surface area contributed by atoms with E-state index in [9.17, 15) is 5.11 Å². The zero-order chi connectivity index (χ0) is 13.8. The molecule has 0 saturated heterocycles. The highest BCUT2D eigenvalue weighted by Gasteiger charge is 2.60. The number of hydrogen-bond donors (Lipinski definition) is 2. The molecule has 2 heteroatoms. The van der Waals surface area contributed by atoms with Gasteiger partial charge in [0.25, 0.3) is 0 Å². The number of rotatable bonds is 4. The second-order valence-electron chi connectivity index (χ2n) is 6.91. The molecule has 2 rings (SSSR count). The lowest BCUT2D eigenvalue weighted by atomic mass is 9.70. The molecule has 2 N–H and O–H groups in total. The Morgan fingerprint density at radius 3 is 2.06 bits per heavy atom. The van der Waals surface area contributed by atoms with E-state index in [1.165, 1.54) is 32.1 Å². The summed E-state index contributed by atoms with van der Waals surface area (Å²) >= 11 is 0. The lowest BCUT2D eigenvalue weighted by molar-refractivity contribution is 0.0126. The van der Waals surface area contributed by atoms with E-state index >= 15 is 0 Å². The number of aliphatic hydroxyl groups excluding tert-OH is 2. The van der Waals surface area contributed by atoms with Crippen LogP contribution in [0.5, 0.6) is 0 Å². The third-order valence-electron chi connectivity index (χ3n) is 5.76. The maximum absolute atomic E-state index is 9.81. The van der Waals surface area contributed by atoms with Crippen LogP contribution in [0.3, 0.4) is 0 Å². The minimum atomic E-state index is -0.0313. The highest BCUT2D eigenvalue weighted by molar-refractivity contribution is 5.10. The summed E-state index contributed by atoms with van der Waals surface area (Å²) in [5, 5.41) is 18.1. The van der Waals surface area contributed by atoms with Crippen molar-refractivity contribution in [2.75, 3.05) is 6.61 Å². The van der Waals surface area contributed by atoms with E-state index in [0.29, 0.717) is 12.0 Å². The second kappa shape index (κ2) is 6.38. The van der Waals surface area contributed by atoms with Gasteiger partial charge >= 0.3 is 0 Å². The van der Waals surface area contributed by atoms with E-state index in [1.807, 2.05) is 0 Å². The van der Waals surface area contributed by atoms with Crippen molar-refractivity contribution in [2.45, 2.75) is 78.7 Å². The molecular weight excluding hydrogens is 224 g/mol. The molecule has 0 radical (unpaired) electrons. The smallest absolute Gasteiger partial charge is 0.0601 e. The third kappa shape index (κ3) is 2.91. The van der Waals surface area contributed by atoms with Crippen molar-refractivity contribution in [3.63, 3.8) is 0 Å². The van der Waals surface area contributed by atoms with Gasteiger partial charge in [-0.25, -0.2) is 0 Å². The predicted octanol–water partition coefficient (Wildman–Crippen LogP) is 3.75. The first-order valence-electron chi connectivity index (χ1n) is 7.69. The summed E-state index contributed by atoms with van der Waals surface area (Å²) in [6, 6.07) is 0. The average Bonchev–Trinajstić information content (AvgIpc) is 2.64. The Morgan fingerprint density at radius 1 is 1.11 bits per heavy atom. The van der Waals surface area contributed by atoms with Gasteiger partial charge in [0.15, 0.2) is 0 Å². The van der Waals surface area contributed by atoms with E-state index in [0.717, 1.165) is 18.8 Å². The van der Waals surface area contributed by atoms with Gasteiger partial charge in [-0.2, -0.15) is 0 Å². The van der Waals surface area contributed by atoms with Gasteiger partial charge in [-0.05, 0) is 42.4 Å². The van der Waals surface area contributed by atoms with Crippen molar-refractivity contribution in [1.29, 1.82) is 0 Å². The number of aliphatic hydroxyl groups is 2. The molecule has 18 heavy (non-hydrogen) atoms. The SMILES string of the molecule is CC1(C)C2CCC1(C)C(O)C2.CCCCCCO. The van der Waals surface area contributed by atoms with Crippen molar-refractivity contribution in [2.24, 2.45) is 16.7 Å². The van der Waals surface area contributed by atoms with Crippen LogP contribution in [0.15, 0.2) is 0 Å². The minimum absolute atomic E-state index is 0.0313. The minimum Gasteiger partial charge on any atom is -0.396 e. The van der Waals surface area contributed by atoms with Gasteiger partial charge in [-0.1, -0.05) is 47.0 Å². The zero-order valence-corrected chi connectivity index (χ0v) is 12.7. The number of fused-ring (bicyclic) bond motifs is 2. The average molecular weight is 256 g/mol. The first-order chi connectivity index (χ1) is 8.40. The van der Waals surface area contributed by atoms with E-state index in [-0.39, 0.29) is 11.5 Å². The van der Waals surface area contributed by atoms with Crippen molar-refractivity contribution in [3.8, 4) is 0 Å². The molecule has 108 valence electrons. The molecule has 0 amide bonds. The molecule has 2 saturated carbocycles. The Morgan fingerprint density at radius 2 is 1.78 bits per heavy atom. The molecule has 2 nitrogen and oxygen atoms in total. The predicted molar refractivity (Wildman–Crippen MR) is 76.5 cm³/mol. The first-order valence-corrected chi connectivity index (χ1v) is 7.69. The standard InChI is InChI=1S/C10H18O.C6H14O/c1-9(2)7-4-5-10(9,3)8(11)6-7;1-2-3-4-5-6-7/h7-8,11H,4-6H2,1-3H3;7H,2-6H2,1H3. The van der Waals surface area contributed by atoms with Gasteiger partial charge in [0.1, 0.15) is 0 Å². The fourth-order valence-corrected chi connectivity index (χ4v) is 3.70. The fourth-order valence-electron chi connectivity index (χ4n) is 3.70. The monoisotopic (exact) mass is 256 g/mol. The van der Waals surface area contributed by atoms with Crippen LogP contribution in [0.1, 0.15) is 72.6 Å². The molecule has 3 unspecified atom stereocenters. The number of unbranched alkanes of at least 4 members (excludes halogenated alkanes) is 3. The maximum atomic E-state index is 9.81. The maximum Gasteiger partial charge on any atom is 0.0601 e. The molecule has 2 fully saturated rings. The second-order valence-corrected chi connectivity index (χ2v) is 6.91. The zero-order valence-electron chi connectivity index (χ0n) is 12.7. The van der Waals surface area contributed by atoms with Crippen LogP contribution < -0.4 is 0 Å². The third-order valence-corrected chi connectivity index (χ3v) is 5.76. The lowest BCUT2D eigenvalue weighted by Gasteiger charge is -2.36. The van der Waals surface area contributed by atoms with Crippen LogP contribution in [0.25, 0.3) is 0 Å². The van der Waals surface area contributed by atoms with E-state index in [2.05, 4.69) is 27.7 Å². The highest BCUT2D eigenvalue weighted by atomic mass is 16.3. The summed E-state index contributed by atoms with van der Waals surface area (Å²) < 4.78 is 0. The summed E-state index contributed by atoms with van der Waals surface area (Å²) in [6.45, 7) is 9.42. The molecule has 0 aromatic carbocycles. The van der Waals surface area contributed by atoms with Gasteiger partial charge in [0.2, 0.25) is 0 Å². The summed E-state index contributed by atoms with van der Waals surface area (Å²) in [6.07, 6.45) is 8.26. The van der Waals surface area contributed by atoms with Crippen LogP contribution in [0.4, 0.5) is 0 Å². The van der Waals surface area contributed by atoms with Crippen molar-refractivity contribution in [3.05, 3.63) is 0 Å². The van der Waals surface area contributed by atoms with Gasteiger partial charge < -0.3 is 10.2 Å². The van der Waals surface area contributed by atoms with Crippen LogP contribution in [-0.4, -0.2) is 22.9 Å². The van der Waals surface area contributed by atoms with Gasteiger partial charge in [-0.15, -0.1) is 0 Å². The fraction of sp³-hybridized carbons (Fsp3) is 1.00. The number of hydrogen-bond acceptors (Lipinski definition) is 2. The van der Waals surface area contributed by atoms with Gasteiger partial charge in [0, 0.05) is 6.61 Å². The molecule has 0 aromatic heterocycles. The molecule has 2 bridgehead atoms. The van der Waals surface area contributed by atoms with Crippen molar-refractivity contribution >= 4 is 0 Å². The Kier molecular flexibility index (Phi) is 5.67. The quantitative estimate of drug-likeness (QED) is 0.752. The van der Waals surface area contributed by atoms with E-state index in [1.54, 1.807) is 0 Å². The molecule has 0 spiro atoms. The van der Waals surface area contributed by atoms with Crippen LogP contribution in [-0.2, 0) is 0 Å². The summed E-state index contributed by atoms with van der Waals surface area (Å²) in [5.74, 6) is 0.780. The Labute approximate surface area is 113 Å². The van der Waals surface area contributed by atoms with Crippen LogP contribution >= 0.6 is 0 Å². The van der Waals surface area contributed by atoms with Crippen LogP contribution in [0.2, 0.25) is 0 Å². The molecule has 3 atom stereocenters. The molecule has 0 heterocycles. The normalized spacial score (nSPS) is 36.3. The Balaban J connectivity index is 0.000000203. The van der Waals surface area contributed by atoms with E-state index in [4.69, 9.17) is 5.11 Å². The van der Waals surface area contributed by atoms with Gasteiger partial charge in [0.05, 0.1) is 6.10 Å². The van der Waals surface area contributed by atoms with Crippen molar-refractivity contribution < 1.29 is 10.2 Å². The van der Waals surface area contributed by atoms with Gasteiger partial charge in [-0.3, -0.25) is 0 Å². The highest BCUT2D eigenvalue weighted by Crippen LogP contribution is 2.65.